The van der Waals surface area contributed by atoms with Crippen molar-refractivity contribution in [1.82, 2.24) is 0 Å². The molecule has 6 saturated heterocycles. The highest BCUT2D eigenvalue weighted by molar-refractivity contribution is 5.70. The predicted molar refractivity (Wildman–Crippen MR) is 335 cm³/mol. The molecular formula is C68H120O25. The molecule has 0 saturated carbocycles. The van der Waals surface area contributed by atoms with E-state index in [1.54, 1.807) is 13.8 Å². The van der Waals surface area contributed by atoms with Crippen LogP contribution in [0, 0.1) is 0 Å². The van der Waals surface area contributed by atoms with Crippen LogP contribution in [0.15, 0.2) is 0 Å². The number of hydrogen-bond donors (Lipinski definition) is 9. The van der Waals surface area contributed by atoms with Crippen molar-refractivity contribution in [2.45, 2.75) is 407 Å². The Morgan fingerprint density at radius 3 is 1.51 bits per heavy atom. The van der Waals surface area contributed by atoms with Gasteiger partial charge in [0.1, 0.15) is 79.4 Å². The van der Waals surface area contributed by atoms with Crippen molar-refractivity contribution in [3.63, 3.8) is 0 Å². The van der Waals surface area contributed by atoms with Crippen LogP contribution in [0.5, 0.6) is 0 Å². The number of rotatable bonds is 31. The summed E-state index contributed by atoms with van der Waals surface area (Å²) in [6.07, 6.45) is -14.5. The van der Waals surface area contributed by atoms with Crippen molar-refractivity contribution in [1.29, 1.82) is 0 Å². The summed E-state index contributed by atoms with van der Waals surface area (Å²) in [6.45, 7) is 11.7. The Balaban J connectivity index is 1.32. The third kappa shape index (κ3) is 24.2. The second-order valence-corrected chi connectivity index (χ2v) is 27.0. The van der Waals surface area contributed by atoms with Gasteiger partial charge in [0.25, 0.3) is 0 Å². The standard InChI is InChI=1S/C68H120O25/c1-8-11-14-16-18-19-23-27-31-36-46(70)87-57-41(5)82-64(55(79)53(57)77)90-59-43(7)84-68(63(89-48(72)38-33-26-21-17-15-12-9-2)62(59)93-65-54(78)51(75)50(74)45(39-69)86-65)91-58-42(6)83-66-56(80)60(58)88-47(71)37-32-28-24-20-22-25-30-35-44(34-29-13-10-3)85-67-61(92-66)52(76)49(73)40(4)81-67/h40-45,49-69,73-80H,8-39H2,1-7H3/t40-,41+,42+,43+,44?,45-,49+,50-,51+,52+,53+,54-,55-,56-,57+,58+,59+,60+,61-,62-,63-,64+,65+,66+,67+,68+/m1/s1. The fourth-order valence-electron chi connectivity index (χ4n) is 13.4. The van der Waals surface area contributed by atoms with Crippen molar-refractivity contribution in [3.8, 4) is 0 Å². The SMILES string of the molecule is CCCCCCCCCCCC(=O)O[C@@H]1[C@@H](O)[C@@H](O)[C@H](O[C@@H]2[C@@H](O[C@@H]3O[C@H](CO)[C@@H](O)[C@H](O)[C@H]3O)[C@@H](OC(=O)CCCCCCCCC)[C@H](O[C@@H]3[C@H]4OC(=O)CCCCCCCCCC(CCCCC)O[C@@H]5O[C@H](C)[C@H](O)[C@H](O)[C@H]5O[C@H](O[C@H]3C)[C@@H]4O)O[C@H]2C)O[C@H]1C. The maximum atomic E-state index is 14.4. The zero-order chi connectivity index (χ0) is 67.6. The normalized spacial score (nSPS) is 39.4. The molecule has 0 aromatic rings. The van der Waals surface area contributed by atoms with Gasteiger partial charge in [-0.15, -0.1) is 0 Å². The number of fused-ring (bicyclic) bond motifs is 3. The van der Waals surface area contributed by atoms with E-state index in [2.05, 4.69) is 20.8 Å². The van der Waals surface area contributed by atoms with Crippen LogP contribution in [-0.4, -0.2) is 230 Å². The number of esters is 3. The Bertz CT molecular complexity index is 2080. The minimum Gasteiger partial charge on any atom is -0.457 e. The molecule has 0 amide bonds. The van der Waals surface area contributed by atoms with Crippen molar-refractivity contribution in [2.24, 2.45) is 0 Å². The van der Waals surface area contributed by atoms with Gasteiger partial charge in [-0.05, 0) is 59.8 Å². The summed E-state index contributed by atoms with van der Waals surface area (Å²) in [4.78, 5) is 41.7. The van der Waals surface area contributed by atoms with Gasteiger partial charge in [0.2, 0.25) is 0 Å². The molecule has 1 unspecified atom stereocenters. The van der Waals surface area contributed by atoms with Crippen LogP contribution in [0.3, 0.4) is 0 Å². The monoisotopic (exact) mass is 1340 g/mol. The van der Waals surface area contributed by atoms with Crippen LogP contribution in [0.2, 0.25) is 0 Å². The average Bonchev–Trinajstić information content (AvgIpc) is 0.783. The Morgan fingerprint density at radius 2 is 0.892 bits per heavy atom. The Labute approximate surface area is 551 Å². The van der Waals surface area contributed by atoms with Crippen molar-refractivity contribution < 1.29 is 122 Å². The summed E-state index contributed by atoms with van der Waals surface area (Å²) in [5.41, 5.74) is 0. The van der Waals surface area contributed by atoms with Crippen LogP contribution in [0.1, 0.15) is 248 Å². The molecule has 0 aromatic carbocycles. The molecule has 25 nitrogen and oxygen atoms in total. The van der Waals surface area contributed by atoms with E-state index in [1.165, 1.54) is 39.5 Å². The molecule has 0 spiro atoms. The van der Waals surface area contributed by atoms with Gasteiger partial charge in [0, 0.05) is 19.3 Å². The molecule has 6 fully saturated rings. The first-order chi connectivity index (χ1) is 44.7. The molecule has 6 heterocycles. The fraction of sp³-hybridized carbons (Fsp3) is 0.956. The lowest BCUT2D eigenvalue weighted by molar-refractivity contribution is -0.400. The summed E-state index contributed by atoms with van der Waals surface area (Å²) >= 11 is 0. The number of unbranched alkanes of at least 4 members (excludes halogenated alkanes) is 16. The van der Waals surface area contributed by atoms with Gasteiger partial charge in [-0.1, -0.05) is 168 Å². The van der Waals surface area contributed by atoms with E-state index in [0.717, 1.165) is 116 Å². The van der Waals surface area contributed by atoms with Crippen molar-refractivity contribution in [3.05, 3.63) is 0 Å². The van der Waals surface area contributed by atoms with Gasteiger partial charge in [-0.25, -0.2) is 0 Å². The second-order valence-electron chi connectivity index (χ2n) is 27.0. The number of aliphatic hydroxyl groups excluding tert-OH is 9. The highest BCUT2D eigenvalue weighted by Crippen LogP contribution is 2.40. The molecular weight excluding hydrogens is 1220 g/mol. The Kier molecular flexibility index (Phi) is 35.9. The first-order valence-electron chi connectivity index (χ1n) is 35.9. The molecule has 6 aliphatic rings. The molecule has 2 bridgehead atoms. The summed E-state index contributed by atoms with van der Waals surface area (Å²) in [5.74, 6) is -2.07. The number of ether oxygens (including phenoxy) is 13. The minimum atomic E-state index is -2.02. The second kappa shape index (κ2) is 41.9. The van der Waals surface area contributed by atoms with Crippen LogP contribution in [0.25, 0.3) is 0 Å². The summed E-state index contributed by atoms with van der Waals surface area (Å²) in [7, 11) is 0. The Hall–Kier alpha value is -2.35. The van der Waals surface area contributed by atoms with Gasteiger partial charge in [-0.2, -0.15) is 0 Å². The third-order valence-corrected chi connectivity index (χ3v) is 19.2. The van der Waals surface area contributed by atoms with Crippen LogP contribution in [-0.2, 0) is 76.0 Å². The van der Waals surface area contributed by atoms with Gasteiger partial charge < -0.3 is 108 Å². The zero-order valence-corrected chi connectivity index (χ0v) is 56.7. The van der Waals surface area contributed by atoms with Gasteiger partial charge in [0.15, 0.2) is 49.8 Å². The van der Waals surface area contributed by atoms with E-state index in [0.29, 0.717) is 38.5 Å². The molecule has 6 rings (SSSR count). The van der Waals surface area contributed by atoms with Crippen LogP contribution < -0.4 is 0 Å². The first-order valence-corrected chi connectivity index (χ1v) is 35.9. The molecule has 26 atom stereocenters. The molecule has 25 heteroatoms. The number of carbonyl (C=O) groups is 3. The highest BCUT2D eigenvalue weighted by Gasteiger charge is 2.59. The maximum absolute atomic E-state index is 14.4. The zero-order valence-electron chi connectivity index (χ0n) is 56.7. The Morgan fingerprint density at radius 1 is 0.409 bits per heavy atom. The molecule has 0 aliphatic carbocycles. The van der Waals surface area contributed by atoms with Crippen molar-refractivity contribution >= 4 is 17.9 Å². The van der Waals surface area contributed by atoms with Crippen molar-refractivity contribution in [2.75, 3.05) is 6.61 Å². The number of carbonyl (C=O) groups excluding carboxylic acids is 3. The largest absolute Gasteiger partial charge is 0.457 e. The van der Waals surface area contributed by atoms with E-state index in [-0.39, 0.29) is 25.4 Å². The van der Waals surface area contributed by atoms with E-state index < -0.39 is 178 Å². The minimum absolute atomic E-state index is 0.0416. The van der Waals surface area contributed by atoms with Gasteiger partial charge in [-0.3, -0.25) is 14.4 Å². The number of hydrogen-bond acceptors (Lipinski definition) is 25. The smallest absolute Gasteiger partial charge is 0.306 e. The molecule has 0 radical (unpaired) electrons. The van der Waals surface area contributed by atoms with E-state index >= 15 is 0 Å². The van der Waals surface area contributed by atoms with E-state index in [4.69, 9.17) is 61.6 Å². The average molecular weight is 1340 g/mol. The maximum Gasteiger partial charge on any atom is 0.306 e. The third-order valence-electron chi connectivity index (χ3n) is 19.2. The molecule has 0 aromatic heterocycles. The van der Waals surface area contributed by atoms with E-state index in [1.807, 2.05) is 0 Å². The van der Waals surface area contributed by atoms with Gasteiger partial charge >= 0.3 is 17.9 Å². The summed E-state index contributed by atoms with van der Waals surface area (Å²) in [5, 5.41) is 103. The molecule has 9 N–H and O–H groups in total. The van der Waals surface area contributed by atoms with Gasteiger partial charge in [0.05, 0.1) is 37.1 Å². The van der Waals surface area contributed by atoms with E-state index in [9.17, 15) is 60.3 Å². The summed E-state index contributed by atoms with van der Waals surface area (Å²) in [6, 6.07) is 0. The fourth-order valence-corrected chi connectivity index (χ4v) is 13.4. The molecule has 93 heavy (non-hydrogen) atoms. The summed E-state index contributed by atoms with van der Waals surface area (Å²) < 4.78 is 82.6. The lowest BCUT2D eigenvalue weighted by Crippen LogP contribution is -2.68. The number of aliphatic hydroxyl groups is 9. The van der Waals surface area contributed by atoms with Crippen LogP contribution in [0.4, 0.5) is 0 Å². The molecule has 6 aliphatic heterocycles. The topological polar surface area (TPSA) is 353 Å². The quantitative estimate of drug-likeness (QED) is 0.0206. The lowest BCUT2D eigenvalue weighted by atomic mass is 9.95. The lowest BCUT2D eigenvalue weighted by Gasteiger charge is -2.51. The molecule has 542 valence electrons. The van der Waals surface area contributed by atoms with Crippen LogP contribution >= 0.6 is 0 Å². The predicted octanol–water partition coefficient (Wildman–Crippen LogP) is 6.40. The first kappa shape index (κ1) is 79.6. The highest BCUT2D eigenvalue weighted by atomic mass is 16.8.